The number of ether oxygens (including phenoxy) is 1. The lowest BCUT2D eigenvalue weighted by Crippen LogP contribution is -2.37. The van der Waals surface area contributed by atoms with Gasteiger partial charge in [-0.1, -0.05) is 19.1 Å². The molecule has 9 nitrogen and oxygen atoms in total. The van der Waals surface area contributed by atoms with Crippen molar-refractivity contribution in [2.24, 2.45) is 0 Å². The number of nitrogens with one attached hydrogen (secondary N) is 2. The first-order valence-electron chi connectivity index (χ1n) is 10.2. The van der Waals surface area contributed by atoms with Gasteiger partial charge in [-0.3, -0.25) is 14.4 Å². The Morgan fingerprint density at radius 3 is 2.52 bits per heavy atom. The van der Waals surface area contributed by atoms with E-state index in [4.69, 9.17) is 4.74 Å². The lowest BCUT2D eigenvalue weighted by Gasteiger charge is -2.22. The van der Waals surface area contributed by atoms with Gasteiger partial charge in [0.05, 0.1) is 10.6 Å². The van der Waals surface area contributed by atoms with Crippen molar-refractivity contribution in [3.05, 3.63) is 48.5 Å². The summed E-state index contributed by atoms with van der Waals surface area (Å²) in [6.45, 7) is 2.83. The molecule has 11 heteroatoms. The molecule has 176 valence electrons. The topological polar surface area (TPSA) is 122 Å². The number of carbonyl (C=O) groups excluding carboxylic acids is 3. The van der Waals surface area contributed by atoms with E-state index in [1.165, 1.54) is 31.2 Å². The highest BCUT2D eigenvalue weighted by atomic mass is 32.2. The molecular formula is C22H25N3O6S2. The monoisotopic (exact) mass is 491 g/mol. The molecular weight excluding hydrogens is 466 g/mol. The molecule has 2 amide bonds. The summed E-state index contributed by atoms with van der Waals surface area (Å²) in [5, 5.41) is 2.88. The molecule has 1 aliphatic rings. The van der Waals surface area contributed by atoms with Crippen LogP contribution in [0, 0.1) is 0 Å². The molecule has 0 fully saturated rings. The van der Waals surface area contributed by atoms with Crippen molar-refractivity contribution in [2.75, 3.05) is 29.9 Å². The molecule has 2 N–H and O–H groups in total. The van der Waals surface area contributed by atoms with Crippen LogP contribution >= 0.6 is 11.8 Å². The first-order chi connectivity index (χ1) is 15.7. The van der Waals surface area contributed by atoms with Crippen LogP contribution in [0.1, 0.15) is 20.3 Å². The van der Waals surface area contributed by atoms with Gasteiger partial charge >= 0.3 is 5.97 Å². The van der Waals surface area contributed by atoms with E-state index in [1.807, 2.05) is 24.3 Å². The summed E-state index contributed by atoms with van der Waals surface area (Å²) in [6.07, 6.45) is 0.791. The second-order valence-electron chi connectivity index (χ2n) is 7.42. The van der Waals surface area contributed by atoms with Crippen LogP contribution in [-0.4, -0.2) is 51.1 Å². The summed E-state index contributed by atoms with van der Waals surface area (Å²) < 4.78 is 31.9. The summed E-state index contributed by atoms with van der Waals surface area (Å²) in [5.74, 6) is -1.52. The van der Waals surface area contributed by atoms with Gasteiger partial charge in [-0.05, 0) is 42.8 Å². The molecule has 0 bridgehead atoms. The zero-order valence-electron chi connectivity index (χ0n) is 18.2. The van der Waals surface area contributed by atoms with Crippen LogP contribution in [0.25, 0.3) is 0 Å². The van der Waals surface area contributed by atoms with Gasteiger partial charge in [0.1, 0.15) is 6.54 Å². The first kappa shape index (κ1) is 24.7. The fourth-order valence-electron chi connectivity index (χ4n) is 3.18. The van der Waals surface area contributed by atoms with Crippen molar-refractivity contribution in [3.63, 3.8) is 0 Å². The third kappa shape index (κ3) is 6.80. The predicted molar refractivity (Wildman–Crippen MR) is 126 cm³/mol. The van der Waals surface area contributed by atoms with Gasteiger partial charge in [0.15, 0.2) is 6.61 Å². The standard InChI is InChI=1S/C22H25N3O6S2/c1-15-11-12-25(19-5-3-4-6-20(19)32-15)21(27)14-31-22(28)13-23-33(29,30)18-9-7-17(8-10-18)24-16(2)26/h3-10,15,23H,11-14H2,1-2H3,(H,24,26). The van der Waals surface area contributed by atoms with Gasteiger partial charge in [-0.25, -0.2) is 8.42 Å². The third-order valence-corrected chi connectivity index (χ3v) is 7.45. The van der Waals surface area contributed by atoms with Crippen LogP contribution < -0.4 is 14.9 Å². The summed E-state index contributed by atoms with van der Waals surface area (Å²) in [7, 11) is -3.97. The van der Waals surface area contributed by atoms with E-state index in [0.29, 0.717) is 17.5 Å². The molecule has 0 aliphatic carbocycles. The van der Waals surface area contributed by atoms with E-state index in [9.17, 15) is 22.8 Å². The molecule has 0 spiro atoms. The predicted octanol–water partition coefficient (Wildman–Crippen LogP) is 2.38. The van der Waals surface area contributed by atoms with Crippen LogP contribution in [0.4, 0.5) is 11.4 Å². The van der Waals surface area contributed by atoms with Crippen molar-refractivity contribution in [2.45, 2.75) is 35.3 Å². The minimum Gasteiger partial charge on any atom is -0.455 e. The second kappa shape index (κ2) is 10.8. The maximum Gasteiger partial charge on any atom is 0.321 e. The van der Waals surface area contributed by atoms with E-state index in [-0.39, 0.29) is 16.7 Å². The Labute approximate surface area is 196 Å². The number of anilines is 2. The molecule has 1 atom stereocenters. The fraction of sp³-hybridized carbons (Fsp3) is 0.318. The average Bonchev–Trinajstić information content (AvgIpc) is 2.94. The molecule has 1 unspecified atom stereocenters. The number of para-hydroxylation sites is 1. The van der Waals surface area contributed by atoms with Crippen molar-refractivity contribution >= 4 is 50.9 Å². The van der Waals surface area contributed by atoms with Gasteiger partial charge in [0, 0.05) is 29.3 Å². The first-order valence-corrected chi connectivity index (χ1v) is 12.6. The summed E-state index contributed by atoms with van der Waals surface area (Å²) in [5.41, 5.74) is 1.22. The number of fused-ring (bicyclic) bond motifs is 1. The van der Waals surface area contributed by atoms with Gasteiger partial charge in [0.2, 0.25) is 15.9 Å². The number of carbonyl (C=O) groups is 3. The van der Waals surface area contributed by atoms with Gasteiger partial charge in [-0.2, -0.15) is 4.72 Å². The SMILES string of the molecule is CC(=O)Nc1ccc(S(=O)(=O)NCC(=O)OCC(=O)N2CCC(C)Sc3ccccc32)cc1. The summed E-state index contributed by atoms with van der Waals surface area (Å²) >= 11 is 1.69. The Kier molecular flexibility index (Phi) is 8.11. The Morgan fingerprint density at radius 2 is 1.82 bits per heavy atom. The zero-order chi connectivity index (χ0) is 24.0. The minimum absolute atomic E-state index is 0.0757. The van der Waals surface area contributed by atoms with Crippen LogP contribution in [-0.2, 0) is 29.1 Å². The van der Waals surface area contributed by atoms with E-state index in [0.717, 1.165) is 17.0 Å². The van der Waals surface area contributed by atoms with E-state index in [1.54, 1.807) is 16.7 Å². The Balaban J connectivity index is 1.54. The van der Waals surface area contributed by atoms with Crippen molar-refractivity contribution < 1.29 is 27.5 Å². The Morgan fingerprint density at radius 1 is 1.12 bits per heavy atom. The molecule has 2 aromatic rings. The largest absolute Gasteiger partial charge is 0.455 e. The molecule has 0 saturated carbocycles. The van der Waals surface area contributed by atoms with E-state index in [2.05, 4.69) is 17.0 Å². The van der Waals surface area contributed by atoms with Crippen molar-refractivity contribution in [1.29, 1.82) is 0 Å². The quantitative estimate of drug-likeness (QED) is 0.570. The lowest BCUT2D eigenvalue weighted by atomic mass is 10.2. The summed E-state index contributed by atoms with van der Waals surface area (Å²) in [6, 6.07) is 13.0. The smallest absolute Gasteiger partial charge is 0.321 e. The maximum absolute atomic E-state index is 12.7. The number of sulfonamides is 1. The van der Waals surface area contributed by atoms with Crippen molar-refractivity contribution in [1.82, 2.24) is 4.72 Å². The highest BCUT2D eigenvalue weighted by molar-refractivity contribution is 8.00. The number of amides is 2. The highest BCUT2D eigenvalue weighted by Gasteiger charge is 2.25. The average molecular weight is 492 g/mol. The number of hydrogen-bond acceptors (Lipinski definition) is 7. The maximum atomic E-state index is 12.7. The van der Waals surface area contributed by atoms with Crippen LogP contribution in [0.15, 0.2) is 58.3 Å². The molecule has 0 saturated heterocycles. The highest BCUT2D eigenvalue weighted by Crippen LogP contribution is 2.37. The van der Waals surface area contributed by atoms with E-state index >= 15 is 0 Å². The minimum atomic E-state index is -3.97. The fourth-order valence-corrected chi connectivity index (χ4v) is 5.26. The van der Waals surface area contributed by atoms with Gasteiger partial charge in [-0.15, -0.1) is 11.8 Å². The van der Waals surface area contributed by atoms with Crippen LogP contribution in [0.2, 0.25) is 0 Å². The summed E-state index contributed by atoms with van der Waals surface area (Å²) in [4.78, 5) is 38.4. The molecule has 0 radical (unpaired) electrons. The number of nitrogens with zero attached hydrogens (tertiary/aromatic N) is 1. The molecule has 2 aromatic carbocycles. The number of esters is 1. The Hall–Kier alpha value is -2.89. The second-order valence-corrected chi connectivity index (χ2v) is 10.7. The Bertz CT molecular complexity index is 1140. The van der Waals surface area contributed by atoms with Crippen molar-refractivity contribution in [3.8, 4) is 0 Å². The molecule has 3 rings (SSSR count). The molecule has 1 heterocycles. The third-order valence-electron chi connectivity index (χ3n) is 4.79. The molecule has 0 aromatic heterocycles. The number of hydrogen-bond donors (Lipinski definition) is 2. The van der Waals surface area contributed by atoms with E-state index < -0.39 is 29.1 Å². The number of rotatable bonds is 7. The van der Waals surface area contributed by atoms with Gasteiger partial charge < -0.3 is 15.0 Å². The van der Waals surface area contributed by atoms with Crippen LogP contribution in [0.5, 0.6) is 0 Å². The molecule has 1 aliphatic heterocycles. The normalized spacial score (nSPS) is 15.8. The number of thioether (sulfide) groups is 1. The molecule has 33 heavy (non-hydrogen) atoms. The lowest BCUT2D eigenvalue weighted by molar-refractivity contribution is -0.146. The zero-order valence-corrected chi connectivity index (χ0v) is 19.9. The van der Waals surface area contributed by atoms with Gasteiger partial charge in [0.25, 0.3) is 5.91 Å². The number of benzene rings is 2. The van der Waals surface area contributed by atoms with Crippen LogP contribution in [0.3, 0.4) is 0 Å².